The highest BCUT2D eigenvalue weighted by Crippen LogP contribution is 2.28. The Kier molecular flexibility index (Phi) is 5.44. The van der Waals surface area contributed by atoms with Gasteiger partial charge in [0.25, 0.3) is 11.6 Å². The molecule has 0 spiro atoms. The molecule has 7 heteroatoms. The van der Waals surface area contributed by atoms with E-state index in [-0.39, 0.29) is 5.69 Å². The molecule has 0 saturated heterocycles. The van der Waals surface area contributed by atoms with Gasteiger partial charge in [-0.05, 0) is 48.7 Å². The number of nitro benzene ring substituents is 1. The van der Waals surface area contributed by atoms with E-state index in [1.54, 1.807) is 25.3 Å². The molecule has 3 rings (SSSR count). The Morgan fingerprint density at radius 2 is 1.86 bits per heavy atom. The third-order valence-corrected chi connectivity index (χ3v) is 4.80. The number of carbonyl (C=O) groups is 1. The Morgan fingerprint density at radius 3 is 2.46 bits per heavy atom. The van der Waals surface area contributed by atoms with E-state index >= 15 is 0 Å². The predicted molar refractivity (Wildman–Crippen MR) is 106 cm³/mol. The molecule has 0 radical (unpaired) electrons. The zero-order chi connectivity index (χ0) is 20.3. The lowest BCUT2D eigenvalue weighted by Gasteiger charge is -2.14. The van der Waals surface area contributed by atoms with Crippen molar-refractivity contribution in [3.05, 3.63) is 81.5 Å². The SMILES string of the molecule is COc1ccccc1CCn1c(-c2ccc([N+](=O)[O-])cc2)cc(C(N)=O)c1C. The Balaban J connectivity index is 1.99. The first-order chi connectivity index (χ1) is 13.4. The van der Waals surface area contributed by atoms with Crippen molar-refractivity contribution in [1.29, 1.82) is 0 Å². The maximum atomic E-state index is 11.8. The normalized spacial score (nSPS) is 10.6. The maximum Gasteiger partial charge on any atom is 0.269 e. The fourth-order valence-electron chi connectivity index (χ4n) is 3.32. The fourth-order valence-corrected chi connectivity index (χ4v) is 3.32. The Morgan fingerprint density at radius 1 is 1.18 bits per heavy atom. The van der Waals surface area contributed by atoms with Crippen LogP contribution >= 0.6 is 0 Å². The van der Waals surface area contributed by atoms with Crippen molar-refractivity contribution >= 4 is 11.6 Å². The number of hydrogen-bond donors (Lipinski definition) is 1. The number of para-hydroxylation sites is 1. The molecule has 0 fully saturated rings. The van der Waals surface area contributed by atoms with Crippen LogP contribution in [0.15, 0.2) is 54.6 Å². The Hall–Kier alpha value is -3.61. The minimum atomic E-state index is -0.503. The van der Waals surface area contributed by atoms with E-state index in [4.69, 9.17) is 10.5 Å². The molecule has 1 heterocycles. The molecule has 0 aliphatic heterocycles. The van der Waals surface area contributed by atoms with Gasteiger partial charge in [-0.2, -0.15) is 0 Å². The summed E-state index contributed by atoms with van der Waals surface area (Å²) in [4.78, 5) is 22.3. The van der Waals surface area contributed by atoms with Crippen LogP contribution in [0.25, 0.3) is 11.3 Å². The maximum absolute atomic E-state index is 11.8. The van der Waals surface area contributed by atoms with E-state index in [0.29, 0.717) is 18.5 Å². The van der Waals surface area contributed by atoms with Crippen LogP contribution in [0.3, 0.4) is 0 Å². The lowest BCUT2D eigenvalue weighted by Crippen LogP contribution is -2.13. The number of amides is 1. The highest BCUT2D eigenvalue weighted by atomic mass is 16.6. The van der Waals surface area contributed by atoms with Crippen molar-refractivity contribution < 1.29 is 14.5 Å². The average molecular weight is 379 g/mol. The molecule has 7 nitrogen and oxygen atoms in total. The second-order valence-corrected chi connectivity index (χ2v) is 6.41. The molecule has 3 aromatic rings. The van der Waals surface area contributed by atoms with Gasteiger partial charge in [-0.3, -0.25) is 14.9 Å². The summed E-state index contributed by atoms with van der Waals surface area (Å²) < 4.78 is 7.42. The van der Waals surface area contributed by atoms with Crippen molar-refractivity contribution in [2.75, 3.05) is 7.11 Å². The van der Waals surface area contributed by atoms with Gasteiger partial charge in [-0.15, -0.1) is 0 Å². The highest BCUT2D eigenvalue weighted by Gasteiger charge is 2.18. The van der Waals surface area contributed by atoms with Gasteiger partial charge in [0.05, 0.1) is 17.6 Å². The Bertz CT molecular complexity index is 1020. The molecule has 1 aromatic heterocycles. The largest absolute Gasteiger partial charge is 0.496 e. The molecule has 2 aromatic carbocycles. The fraction of sp³-hybridized carbons (Fsp3) is 0.190. The van der Waals surface area contributed by atoms with E-state index in [2.05, 4.69) is 0 Å². The minimum Gasteiger partial charge on any atom is -0.496 e. The standard InChI is InChI=1S/C21H21N3O4/c1-14-18(21(22)25)13-19(15-7-9-17(10-8-15)24(26)27)23(14)12-11-16-5-3-4-6-20(16)28-2/h3-10,13H,11-12H2,1-2H3,(H2,22,25). The molecule has 0 atom stereocenters. The molecule has 0 unspecified atom stereocenters. The summed E-state index contributed by atoms with van der Waals surface area (Å²) in [5.41, 5.74) is 9.36. The molecule has 0 saturated carbocycles. The number of nitrogens with zero attached hydrogens (tertiary/aromatic N) is 2. The van der Waals surface area contributed by atoms with Crippen molar-refractivity contribution in [3.63, 3.8) is 0 Å². The number of aromatic nitrogens is 1. The molecule has 0 aliphatic carbocycles. The summed E-state index contributed by atoms with van der Waals surface area (Å²) in [6.07, 6.45) is 0.692. The van der Waals surface area contributed by atoms with Crippen molar-refractivity contribution in [2.45, 2.75) is 19.9 Å². The number of carbonyl (C=O) groups excluding carboxylic acids is 1. The minimum absolute atomic E-state index is 0.0164. The number of nitrogens with two attached hydrogens (primary N) is 1. The number of nitro groups is 1. The Labute approximate surface area is 162 Å². The van der Waals surface area contributed by atoms with Crippen molar-refractivity contribution in [3.8, 4) is 17.0 Å². The zero-order valence-corrected chi connectivity index (χ0v) is 15.7. The predicted octanol–water partition coefficient (Wildman–Crippen LogP) is 3.72. The quantitative estimate of drug-likeness (QED) is 0.499. The number of hydrogen-bond acceptors (Lipinski definition) is 4. The van der Waals surface area contributed by atoms with E-state index < -0.39 is 10.8 Å². The number of ether oxygens (including phenoxy) is 1. The van der Waals surface area contributed by atoms with Crippen LogP contribution in [0.2, 0.25) is 0 Å². The summed E-state index contributed by atoms with van der Waals surface area (Å²) >= 11 is 0. The van der Waals surface area contributed by atoms with Gasteiger partial charge in [0.1, 0.15) is 5.75 Å². The molecule has 28 heavy (non-hydrogen) atoms. The van der Waals surface area contributed by atoms with Crippen molar-refractivity contribution in [1.82, 2.24) is 4.57 Å². The van der Waals surface area contributed by atoms with Gasteiger partial charge in [-0.25, -0.2) is 0 Å². The molecule has 1 amide bonds. The van der Waals surface area contributed by atoms with E-state index in [1.807, 2.05) is 35.8 Å². The van der Waals surface area contributed by atoms with Gasteiger partial charge in [0.2, 0.25) is 0 Å². The first-order valence-electron chi connectivity index (χ1n) is 8.79. The van der Waals surface area contributed by atoms with Crippen LogP contribution in [0, 0.1) is 17.0 Å². The monoisotopic (exact) mass is 379 g/mol. The van der Waals surface area contributed by atoms with E-state index in [0.717, 1.165) is 28.3 Å². The summed E-state index contributed by atoms with van der Waals surface area (Å²) in [5, 5.41) is 10.9. The third kappa shape index (κ3) is 3.73. The van der Waals surface area contributed by atoms with E-state index in [1.165, 1.54) is 12.1 Å². The smallest absolute Gasteiger partial charge is 0.269 e. The van der Waals surface area contributed by atoms with Crippen LogP contribution in [0.4, 0.5) is 5.69 Å². The summed E-state index contributed by atoms with van der Waals surface area (Å²) in [7, 11) is 1.63. The number of aryl methyl sites for hydroxylation is 1. The topological polar surface area (TPSA) is 100 Å². The van der Waals surface area contributed by atoms with Gasteiger partial charge in [-0.1, -0.05) is 18.2 Å². The van der Waals surface area contributed by atoms with Crippen LogP contribution in [-0.4, -0.2) is 22.5 Å². The molecule has 2 N–H and O–H groups in total. The lowest BCUT2D eigenvalue weighted by atomic mass is 10.1. The number of non-ortho nitro benzene ring substituents is 1. The third-order valence-electron chi connectivity index (χ3n) is 4.80. The van der Waals surface area contributed by atoms with Crippen LogP contribution in [0.5, 0.6) is 5.75 Å². The number of benzene rings is 2. The zero-order valence-electron chi connectivity index (χ0n) is 15.7. The van der Waals surface area contributed by atoms with Gasteiger partial charge in [0, 0.05) is 30.1 Å². The van der Waals surface area contributed by atoms with Gasteiger partial charge < -0.3 is 15.0 Å². The van der Waals surface area contributed by atoms with Crippen LogP contribution in [-0.2, 0) is 13.0 Å². The summed E-state index contributed by atoms with van der Waals surface area (Å²) in [6, 6.07) is 15.8. The van der Waals surface area contributed by atoms with Gasteiger partial charge in [0.15, 0.2) is 0 Å². The van der Waals surface area contributed by atoms with Gasteiger partial charge >= 0.3 is 0 Å². The second-order valence-electron chi connectivity index (χ2n) is 6.41. The molecular weight excluding hydrogens is 358 g/mol. The van der Waals surface area contributed by atoms with Crippen molar-refractivity contribution in [2.24, 2.45) is 5.73 Å². The second kappa shape index (κ2) is 7.96. The number of methoxy groups -OCH3 is 1. The first kappa shape index (κ1) is 19.2. The number of primary amides is 1. The molecule has 0 aliphatic rings. The summed E-state index contributed by atoms with van der Waals surface area (Å²) in [6.45, 7) is 2.45. The first-order valence-corrected chi connectivity index (χ1v) is 8.79. The van der Waals surface area contributed by atoms with Crippen LogP contribution < -0.4 is 10.5 Å². The average Bonchev–Trinajstić information content (AvgIpc) is 3.03. The molecular formula is C21H21N3O4. The number of rotatable bonds is 7. The van der Waals surface area contributed by atoms with E-state index in [9.17, 15) is 14.9 Å². The van der Waals surface area contributed by atoms with Crippen LogP contribution in [0.1, 0.15) is 21.6 Å². The molecule has 144 valence electrons. The summed E-state index contributed by atoms with van der Waals surface area (Å²) in [5.74, 6) is 0.302. The molecule has 0 bridgehead atoms. The lowest BCUT2D eigenvalue weighted by molar-refractivity contribution is -0.384. The highest BCUT2D eigenvalue weighted by molar-refractivity contribution is 5.95.